The Kier molecular flexibility index (Phi) is 13.5. The zero-order valence-corrected chi connectivity index (χ0v) is 32.6. The number of nitrogens with one attached hydrogen (secondary N) is 1. The lowest BCUT2D eigenvalue weighted by molar-refractivity contribution is -0.130. The van der Waals surface area contributed by atoms with E-state index in [9.17, 15) is 33.1 Å². The number of carbonyl (C=O) groups is 2. The molecule has 1 aliphatic rings. The van der Waals surface area contributed by atoms with Crippen molar-refractivity contribution in [3.05, 3.63) is 100 Å². The van der Waals surface area contributed by atoms with Gasteiger partial charge in [0.05, 0.1) is 35.0 Å². The monoisotopic (exact) mass is 750 g/mol. The van der Waals surface area contributed by atoms with Gasteiger partial charge in [0.25, 0.3) is 0 Å². The molecule has 53 heavy (non-hydrogen) atoms. The highest BCUT2D eigenvalue weighted by atomic mass is 32.2. The molecule has 1 aromatic heterocycles. The number of carbonyl (C=O) groups excluding carboxylic acids is 2. The van der Waals surface area contributed by atoms with Gasteiger partial charge < -0.3 is 25.3 Å². The van der Waals surface area contributed by atoms with Crippen molar-refractivity contribution in [2.75, 3.05) is 26.2 Å². The lowest BCUT2D eigenvalue weighted by Crippen LogP contribution is -2.59. The minimum absolute atomic E-state index is 0.00976. The van der Waals surface area contributed by atoms with Crippen molar-refractivity contribution in [3.63, 3.8) is 0 Å². The van der Waals surface area contributed by atoms with Crippen LogP contribution in [-0.4, -0.2) is 94.0 Å². The molecule has 3 aromatic rings. The number of aliphatic hydroxyl groups is 2. The van der Waals surface area contributed by atoms with E-state index in [0.717, 1.165) is 5.56 Å². The summed E-state index contributed by atoms with van der Waals surface area (Å²) in [7, 11) is -4.09. The van der Waals surface area contributed by atoms with Gasteiger partial charge >= 0.3 is 6.03 Å². The van der Waals surface area contributed by atoms with Crippen LogP contribution in [0.5, 0.6) is 0 Å². The maximum atomic E-state index is 14.4. The van der Waals surface area contributed by atoms with Crippen LogP contribution in [-0.2, 0) is 39.9 Å². The summed E-state index contributed by atoms with van der Waals surface area (Å²) in [6.07, 6.45) is -1.12. The maximum Gasteiger partial charge on any atom is 0.321 e. The zero-order valence-electron chi connectivity index (χ0n) is 31.8. The molecule has 2 aromatic carbocycles. The number of pyridine rings is 1. The van der Waals surface area contributed by atoms with E-state index in [1.165, 1.54) is 28.6 Å². The smallest absolute Gasteiger partial charge is 0.321 e. The fraction of sp³-hybridized carbons (Fsp3) is 0.513. The molecular weight excluding hydrogens is 697 g/mol. The van der Waals surface area contributed by atoms with Gasteiger partial charge in [0.15, 0.2) is 0 Å². The van der Waals surface area contributed by atoms with Crippen molar-refractivity contribution in [1.29, 1.82) is 0 Å². The Morgan fingerprint density at radius 3 is 2.19 bits per heavy atom. The van der Waals surface area contributed by atoms with Crippen LogP contribution in [0, 0.1) is 16.2 Å². The molecule has 14 heteroatoms. The number of nitroso groups, excluding NO2 is 1. The minimum atomic E-state index is -4.09. The first kappa shape index (κ1) is 41.5. The third-order valence-electron chi connectivity index (χ3n) is 9.15. The van der Waals surface area contributed by atoms with E-state index in [1.54, 1.807) is 41.8 Å². The molecule has 2 heterocycles. The summed E-state index contributed by atoms with van der Waals surface area (Å²) in [5.41, 5.74) is 0.631. The molecule has 1 saturated heterocycles. The predicted molar refractivity (Wildman–Crippen MR) is 203 cm³/mol. The normalized spacial score (nSPS) is 15.9. The van der Waals surface area contributed by atoms with Gasteiger partial charge in [-0.05, 0) is 67.0 Å². The van der Waals surface area contributed by atoms with Gasteiger partial charge in [0.1, 0.15) is 18.2 Å². The number of sulfonamides is 1. The summed E-state index contributed by atoms with van der Waals surface area (Å²) in [6, 6.07) is 18.3. The number of benzene rings is 2. The van der Waals surface area contributed by atoms with Crippen LogP contribution in [0.1, 0.15) is 71.0 Å². The van der Waals surface area contributed by atoms with Gasteiger partial charge in [0, 0.05) is 26.2 Å². The number of amides is 3. The molecule has 1 fully saturated rings. The van der Waals surface area contributed by atoms with E-state index in [0.29, 0.717) is 23.5 Å². The molecule has 0 spiro atoms. The molecular formula is C39H54N6O7S. The first-order chi connectivity index (χ1) is 24.8. The Balaban J connectivity index is 1.59. The van der Waals surface area contributed by atoms with Crippen molar-refractivity contribution < 1.29 is 28.2 Å². The second-order valence-corrected chi connectivity index (χ2v) is 17.7. The van der Waals surface area contributed by atoms with Crippen LogP contribution in [0.3, 0.4) is 0 Å². The molecule has 4 rings (SSSR count). The van der Waals surface area contributed by atoms with Crippen LogP contribution < -0.4 is 5.32 Å². The average molecular weight is 751 g/mol. The topological polar surface area (TPSA) is 173 Å². The van der Waals surface area contributed by atoms with Crippen LogP contribution in [0.4, 0.5) is 4.79 Å². The van der Waals surface area contributed by atoms with Gasteiger partial charge in [-0.25, -0.2) is 13.2 Å². The van der Waals surface area contributed by atoms with Gasteiger partial charge in [-0.15, -0.1) is 0 Å². The zero-order chi connectivity index (χ0) is 39.1. The van der Waals surface area contributed by atoms with Crippen molar-refractivity contribution in [2.24, 2.45) is 16.5 Å². The summed E-state index contributed by atoms with van der Waals surface area (Å²) in [6.45, 7) is 13.2. The molecule has 0 unspecified atom stereocenters. The first-order valence-electron chi connectivity index (χ1n) is 18.0. The highest BCUT2D eigenvalue weighted by Crippen LogP contribution is 2.29. The fourth-order valence-electron chi connectivity index (χ4n) is 6.51. The molecule has 3 N–H and O–H groups in total. The summed E-state index contributed by atoms with van der Waals surface area (Å²) < 4.78 is 29.1. The molecule has 1 aliphatic heterocycles. The molecule has 13 nitrogen and oxygen atoms in total. The second-order valence-electron chi connectivity index (χ2n) is 15.8. The predicted octanol–water partition coefficient (Wildman–Crippen LogP) is 4.66. The highest BCUT2D eigenvalue weighted by molar-refractivity contribution is 7.89. The van der Waals surface area contributed by atoms with Crippen molar-refractivity contribution >= 4 is 22.0 Å². The Hall–Kier alpha value is -4.24. The standard InChI is InChI=1S/C39H54N6O7S/c1-27(2)24-44(53(51,52)31-18-16-29(17-19-31)23-40-50)26-33(46)32(22-28-12-9-8-10-13-28)42-36(47)35(38(3,4)5)45-21-20-43(37(45)48)25-30-14-11-15-34(41-30)39(6,7)49/h8-19,27,32-33,35,46,49H,20-26H2,1-7H3,(H,42,47)/t32-,33+,35+/m0/s1. The van der Waals surface area contributed by atoms with Crippen LogP contribution in [0.2, 0.25) is 0 Å². The lowest BCUT2D eigenvalue weighted by Gasteiger charge is -2.38. The molecule has 288 valence electrons. The average Bonchev–Trinajstić information content (AvgIpc) is 3.42. The number of aromatic nitrogens is 1. The van der Waals surface area contributed by atoms with E-state index in [1.807, 2.05) is 65.0 Å². The fourth-order valence-corrected chi connectivity index (χ4v) is 8.13. The molecule has 3 atom stereocenters. The largest absolute Gasteiger partial charge is 0.390 e. The van der Waals surface area contributed by atoms with Gasteiger partial charge in [-0.1, -0.05) is 88.3 Å². The summed E-state index contributed by atoms with van der Waals surface area (Å²) in [5.74, 6) is -0.549. The van der Waals surface area contributed by atoms with E-state index in [4.69, 9.17) is 0 Å². The lowest BCUT2D eigenvalue weighted by atomic mass is 9.84. The number of rotatable bonds is 17. The number of nitrogens with zero attached hydrogens (tertiary/aromatic N) is 5. The van der Waals surface area contributed by atoms with Crippen LogP contribution in [0.25, 0.3) is 0 Å². The third kappa shape index (κ3) is 10.9. The minimum Gasteiger partial charge on any atom is -0.390 e. The summed E-state index contributed by atoms with van der Waals surface area (Å²) in [5, 5.41) is 28.2. The molecule has 0 saturated carbocycles. The molecule has 3 amide bonds. The van der Waals surface area contributed by atoms with E-state index in [-0.39, 0.29) is 56.0 Å². The summed E-state index contributed by atoms with van der Waals surface area (Å²) in [4.78, 5) is 46.7. The number of aliphatic hydroxyl groups excluding tert-OH is 1. The number of hydrogen-bond donors (Lipinski definition) is 3. The molecule has 0 bridgehead atoms. The molecule has 0 aliphatic carbocycles. The van der Waals surface area contributed by atoms with Crippen LogP contribution in [0.15, 0.2) is 82.9 Å². The van der Waals surface area contributed by atoms with E-state index >= 15 is 0 Å². The Morgan fingerprint density at radius 1 is 0.943 bits per heavy atom. The number of hydrogen-bond acceptors (Lipinski definition) is 9. The molecule has 0 radical (unpaired) electrons. The van der Waals surface area contributed by atoms with Crippen molar-refractivity contribution in [2.45, 2.75) is 96.7 Å². The summed E-state index contributed by atoms with van der Waals surface area (Å²) >= 11 is 0. The highest BCUT2D eigenvalue weighted by Gasteiger charge is 2.44. The Morgan fingerprint density at radius 2 is 1.60 bits per heavy atom. The van der Waals surface area contributed by atoms with Gasteiger partial charge in [-0.3, -0.25) is 9.78 Å². The SMILES string of the molecule is CC(C)CN(C[C@@H](O)[C@H](Cc1ccccc1)NC(=O)[C@@H](N1CCN(Cc2cccc(C(C)(C)O)n2)C1=O)C(C)(C)C)S(=O)(=O)c1ccc(CN=O)cc1. The van der Waals surface area contributed by atoms with Gasteiger partial charge in [0.2, 0.25) is 15.9 Å². The van der Waals surface area contributed by atoms with E-state index < -0.39 is 45.1 Å². The third-order valence-corrected chi connectivity index (χ3v) is 11.0. The maximum absolute atomic E-state index is 14.4. The number of urea groups is 1. The van der Waals surface area contributed by atoms with Crippen molar-refractivity contribution in [3.8, 4) is 0 Å². The Bertz CT molecular complexity index is 1810. The second kappa shape index (κ2) is 17.3. The van der Waals surface area contributed by atoms with Gasteiger partial charge in [-0.2, -0.15) is 9.21 Å². The van der Waals surface area contributed by atoms with Crippen molar-refractivity contribution in [1.82, 2.24) is 24.4 Å². The van der Waals surface area contributed by atoms with E-state index in [2.05, 4.69) is 15.5 Å². The van der Waals surface area contributed by atoms with Crippen LogP contribution >= 0.6 is 0 Å². The Labute approximate surface area is 313 Å². The quantitative estimate of drug-likeness (QED) is 0.167. The first-order valence-corrected chi connectivity index (χ1v) is 19.4.